The highest BCUT2D eigenvalue weighted by Crippen LogP contribution is 2.39. The van der Waals surface area contributed by atoms with Crippen molar-refractivity contribution in [3.05, 3.63) is 52.7 Å². The van der Waals surface area contributed by atoms with E-state index in [4.69, 9.17) is 25.8 Å². The number of nitrogens with zero attached hydrogens (tertiary/aromatic N) is 2. The normalized spacial score (nSPS) is 22.2. The molecule has 0 unspecified atom stereocenters. The molecule has 1 amide bonds. The first-order valence-corrected chi connectivity index (χ1v) is 10.9. The Hall–Kier alpha value is -2.64. The van der Waals surface area contributed by atoms with Gasteiger partial charge in [-0.05, 0) is 18.2 Å². The summed E-state index contributed by atoms with van der Waals surface area (Å²) in [5, 5.41) is 0.309. The number of Topliss-reactive ketones (excluding diaryl/α,β-unsaturated/α-hetero) is 1. The number of carbonyl (C=O) groups excluding carboxylic acids is 2. The Kier molecular flexibility index (Phi) is 5.32. The number of rotatable bonds is 3. The first kappa shape index (κ1) is 20.3. The maximum atomic E-state index is 13.0. The van der Waals surface area contributed by atoms with Crippen LogP contribution in [-0.2, 0) is 4.74 Å². The number of hydrogen-bond acceptors (Lipinski definition) is 6. The summed E-state index contributed by atoms with van der Waals surface area (Å²) in [6.07, 6.45) is 3.78. The van der Waals surface area contributed by atoms with Gasteiger partial charge in [-0.1, -0.05) is 23.7 Å². The highest BCUT2D eigenvalue weighted by atomic mass is 35.5. The molecule has 8 heteroatoms. The van der Waals surface area contributed by atoms with Crippen LogP contribution in [-0.4, -0.2) is 59.6 Å². The molecule has 1 aromatic heterocycles. The predicted molar refractivity (Wildman–Crippen MR) is 113 cm³/mol. The summed E-state index contributed by atoms with van der Waals surface area (Å²) in [5.74, 6) is 0.917. The van der Waals surface area contributed by atoms with Crippen LogP contribution in [0.2, 0.25) is 5.02 Å². The van der Waals surface area contributed by atoms with E-state index in [1.807, 2.05) is 18.2 Å². The molecule has 3 aliphatic heterocycles. The van der Waals surface area contributed by atoms with Gasteiger partial charge in [-0.25, -0.2) is 4.98 Å². The number of likely N-dealkylation sites (tertiary alicyclic amines) is 1. The van der Waals surface area contributed by atoms with Crippen LogP contribution in [0.25, 0.3) is 0 Å². The van der Waals surface area contributed by atoms with Gasteiger partial charge in [-0.2, -0.15) is 0 Å². The van der Waals surface area contributed by atoms with Gasteiger partial charge in [-0.3, -0.25) is 9.59 Å². The fourth-order valence-electron chi connectivity index (χ4n) is 4.41. The predicted octanol–water partition coefficient (Wildman–Crippen LogP) is 3.54. The molecular formula is C23H23ClN2O5. The van der Waals surface area contributed by atoms with E-state index in [0.717, 1.165) is 6.42 Å². The number of fused-ring (bicyclic) bond motifs is 1. The first-order valence-electron chi connectivity index (χ1n) is 10.5. The summed E-state index contributed by atoms with van der Waals surface area (Å²) < 4.78 is 17.3. The molecule has 5 rings (SSSR count). The first-order chi connectivity index (χ1) is 15.0. The molecular weight excluding hydrogens is 420 g/mol. The van der Waals surface area contributed by atoms with E-state index in [-0.39, 0.29) is 17.8 Å². The monoisotopic (exact) mass is 442 g/mol. The fraction of sp³-hybridized carbons (Fsp3) is 0.435. The molecule has 31 heavy (non-hydrogen) atoms. The third kappa shape index (κ3) is 4.00. The Morgan fingerprint density at radius 1 is 1.26 bits per heavy atom. The maximum Gasteiger partial charge on any atom is 0.255 e. The highest BCUT2D eigenvalue weighted by Gasteiger charge is 2.43. The minimum atomic E-state index is -0.542. The average molecular weight is 443 g/mol. The van der Waals surface area contributed by atoms with E-state index in [0.29, 0.717) is 73.3 Å². The molecule has 0 bridgehead atoms. The topological polar surface area (TPSA) is 78.0 Å². The second kappa shape index (κ2) is 8.13. The molecule has 7 nitrogen and oxygen atoms in total. The molecule has 1 spiro atoms. The molecule has 162 valence electrons. The van der Waals surface area contributed by atoms with Crippen molar-refractivity contribution in [2.75, 3.05) is 26.3 Å². The van der Waals surface area contributed by atoms with Crippen LogP contribution < -0.4 is 9.47 Å². The number of para-hydroxylation sites is 1. The molecule has 3 aliphatic rings. The van der Waals surface area contributed by atoms with Crippen LogP contribution in [0.3, 0.4) is 0 Å². The van der Waals surface area contributed by atoms with E-state index >= 15 is 0 Å². The minimum Gasteiger partial charge on any atom is -0.486 e. The molecule has 0 aliphatic carbocycles. The number of hydrogen-bond donors (Lipinski definition) is 0. The minimum absolute atomic E-state index is 0.0619. The SMILES string of the molecule is O=C1CC2(CCN(C(=O)c3cnc(O[C@@H]4CCOC4)c(Cl)c3)CC2)Oc2ccccc21. The van der Waals surface area contributed by atoms with Crippen molar-refractivity contribution in [1.29, 1.82) is 0 Å². The van der Waals surface area contributed by atoms with Crippen LogP contribution in [0.1, 0.15) is 46.4 Å². The lowest BCUT2D eigenvalue weighted by atomic mass is 9.82. The number of amides is 1. The number of benzene rings is 1. The van der Waals surface area contributed by atoms with E-state index in [1.165, 1.54) is 6.20 Å². The van der Waals surface area contributed by atoms with E-state index in [9.17, 15) is 9.59 Å². The summed E-state index contributed by atoms with van der Waals surface area (Å²) in [5.41, 5.74) is 0.514. The lowest BCUT2D eigenvalue weighted by molar-refractivity contribution is -0.00571. The average Bonchev–Trinajstić information content (AvgIpc) is 3.28. The molecule has 0 saturated carbocycles. The molecule has 1 atom stereocenters. The third-order valence-electron chi connectivity index (χ3n) is 6.18. The van der Waals surface area contributed by atoms with Crippen LogP contribution >= 0.6 is 11.6 Å². The number of ketones is 1. The largest absolute Gasteiger partial charge is 0.486 e. The van der Waals surface area contributed by atoms with Crippen molar-refractivity contribution < 1.29 is 23.8 Å². The molecule has 1 aromatic carbocycles. The summed E-state index contributed by atoms with van der Waals surface area (Å²) in [4.78, 5) is 31.6. The number of pyridine rings is 1. The van der Waals surface area contributed by atoms with Crippen LogP contribution in [0.5, 0.6) is 11.6 Å². The maximum absolute atomic E-state index is 13.0. The highest BCUT2D eigenvalue weighted by molar-refractivity contribution is 6.32. The zero-order chi connectivity index (χ0) is 21.4. The third-order valence-corrected chi connectivity index (χ3v) is 6.45. The Bertz CT molecular complexity index is 1010. The van der Waals surface area contributed by atoms with E-state index in [1.54, 1.807) is 17.0 Å². The lowest BCUT2D eigenvalue weighted by Gasteiger charge is -2.43. The number of ether oxygens (including phenoxy) is 3. The van der Waals surface area contributed by atoms with Crippen molar-refractivity contribution in [3.8, 4) is 11.6 Å². The molecule has 0 N–H and O–H groups in total. The van der Waals surface area contributed by atoms with Crippen LogP contribution in [0.15, 0.2) is 36.5 Å². The van der Waals surface area contributed by atoms with Gasteiger partial charge in [0.1, 0.15) is 22.5 Å². The Morgan fingerprint density at radius 2 is 2.06 bits per heavy atom. The van der Waals surface area contributed by atoms with Gasteiger partial charge < -0.3 is 19.1 Å². The van der Waals surface area contributed by atoms with Gasteiger partial charge in [0, 0.05) is 38.5 Å². The number of carbonyl (C=O) groups is 2. The van der Waals surface area contributed by atoms with Gasteiger partial charge >= 0.3 is 0 Å². The smallest absolute Gasteiger partial charge is 0.255 e. The van der Waals surface area contributed by atoms with Crippen molar-refractivity contribution in [2.24, 2.45) is 0 Å². The Labute approximate surface area is 185 Å². The summed E-state index contributed by atoms with van der Waals surface area (Å²) >= 11 is 6.31. The number of aromatic nitrogens is 1. The van der Waals surface area contributed by atoms with Gasteiger partial charge in [0.2, 0.25) is 5.88 Å². The molecule has 4 heterocycles. The van der Waals surface area contributed by atoms with Crippen molar-refractivity contribution in [3.63, 3.8) is 0 Å². The van der Waals surface area contributed by atoms with Crippen molar-refractivity contribution in [2.45, 2.75) is 37.4 Å². The van der Waals surface area contributed by atoms with Gasteiger partial charge in [-0.15, -0.1) is 0 Å². The second-order valence-electron chi connectivity index (χ2n) is 8.29. The molecule has 0 radical (unpaired) electrons. The van der Waals surface area contributed by atoms with E-state index in [2.05, 4.69) is 4.98 Å². The van der Waals surface area contributed by atoms with Crippen LogP contribution in [0, 0.1) is 0 Å². The summed E-state index contributed by atoms with van der Waals surface area (Å²) in [6, 6.07) is 8.95. The van der Waals surface area contributed by atoms with Gasteiger partial charge in [0.15, 0.2) is 5.78 Å². The molecule has 2 fully saturated rings. The van der Waals surface area contributed by atoms with Crippen molar-refractivity contribution in [1.82, 2.24) is 9.88 Å². The standard InChI is InChI=1S/C23H23ClN2O5/c24-18-11-15(13-25-21(18)30-16-5-10-29-14-16)22(28)26-8-6-23(7-9-26)12-19(27)17-3-1-2-4-20(17)31-23/h1-4,11,13,16H,5-10,12,14H2/t16-/m1/s1. The Morgan fingerprint density at radius 3 is 2.81 bits per heavy atom. The van der Waals surface area contributed by atoms with E-state index < -0.39 is 5.60 Å². The van der Waals surface area contributed by atoms with Crippen molar-refractivity contribution >= 4 is 23.3 Å². The zero-order valence-corrected chi connectivity index (χ0v) is 17.8. The van der Waals surface area contributed by atoms with Gasteiger partial charge in [0.05, 0.1) is 30.8 Å². The van der Waals surface area contributed by atoms with Gasteiger partial charge in [0.25, 0.3) is 5.91 Å². The lowest BCUT2D eigenvalue weighted by Crippen LogP contribution is -2.52. The summed E-state index contributed by atoms with van der Waals surface area (Å²) in [6.45, 7) is 2.19. The quantitative estimate of drug-likeness (QED) is 0.723. The Balaban J connectivity index is 1.24. The number of piperidine rings is 1. The number of halogens is 1. The summed E-state index contributed by atoms with van der Waals surface area (Å²) in [7, 11) is 0. The zero-order valence-electron chi connectivity index (χ0n) is 17.0. The molecule has 2 aromatic rings. The van der Waals surface area contributed by atoms with Crippen LogP contribution in [0.4, 0.5) is 0 Å². The molecule has 2 saturated heterocycles. The second-order valence-corrected chi connectivity index (χ2v) is 8.70. The fourth-order valence-corrected chi connectivity index (χ4v) is 4.63.